The van der Waals surface area contributed by atoms with E-state index < -0.39 is 5.41 Å². The number of hydrogen-bond acceptors (Lipinski definition) is 2. The Labute approximate surface area is 372 Å². The van der Waals surface area contributed by atoms with Crippen LogP contribution < -0.4 is 4.90 Å². The molecule has 0 fully saturated rings. The first kappa shape index (κ1) is 36.5. The van der Waals surface area contributed by atoms with Crippen molar-refractivity contribution in [2.24, 2.45) is 0 Å². The first-order chi connectivity index (χ1) is 31.6. The third kappa shape index (κ3) is 5.02. The molecule has 2 heteroatoms. The summed E-state index contributed by atoms with van der Waals surface area (Å²) in [7, 11) is 0. The average Bonchev–Trinajstić information content (AvgIpc) is 3.95. The highest BCUT2D eigenvalue weighted by molar-refractivity contribution is 6.28. The van der Waals surface area contributed by atoms with Gasteiger partial charge in [0, 0.05) is 27.7 Å². The van der Waals surface area contributed by atoms with Crippen LogP contribution in [0.3, 0.4) is 0 Å². The fraction of sp³-hybridized carbons (Fsp3) is 0.0323. The summed E-state index contributed by atoms with van der Waals surface area (Å²) in [6.45, 7) is 5.94. The van der Waals surface area contributed by atoms with Crippen LogP contribution in [0.5, 0.6) is 0 Å². The minimum atomic E-state index is -0.472. The summed E-state index contributed by atoms with van der Waals surface area (Å²) < 4.78 is 6.22. The van der Waals surface area contributed by atoms with Gasteiger partial charge in [-0.1, -0.05) is 183 Å². The molecule has 0 N–H and O–H groups in total. The summed E-state index contributed by atoms with van der Waals surface area (Å²) >= 11 is 0. The number of aryl methyl sites for hydroxylation is 1. The Balaban J connectivity index is 1.10. The Bertz CT molecular complexity index is 3680. The number of rotatable bonds is 6. The third-order valence-corrected chi connectivity index (χ3v) is 14.0. The second kappa shape index (κ2) is 13.9. The molecule has 0 saturated carbocycles. The van der Waals surface area contributed by atoms with Crippen molar-refractivity contribution in [2.45, 2.75) is 12.3 Å². The van der Waals surface area contributed by atoms with Gasteiger partial charge in [0.2, 0.25) is 0 Å². The van der Waals surface area contributed by atoms with E-state index in [0.29, 0.717) is 0 Å². The zero-order chi connectivity index (χ0) is 42.5. The maximum Gasteiger partial charge on any atom is 0.134 e. The summed E-state index contributed by atoms with van der Waals surface area (Å²) in [5, 5.41) is 8.54. The lowest BCUT2D eigenvalue weighted by atomic mass is 9.70. The lowest BCUT2D eigenvalue weighted by molar-refractivity contribution is 0.577. The first-order valence-corrected chi connectivity index (χ1v) is 22.1. The van der Waals surface area contributed by atoms with Gasteiger partial charge in [0.25, 0.3) is 0 Å². The van der Waals surface area contributed by atoms with Crippen LogP contribution in [-0.2, 0) is 5.41 Å². The second-order valence-electron chi connectivity index (χ2n) is 17.2. The zero-order valence-electron chi connectivity index (χ0n) is 35.3. The van der Waals surface area contributed by atoms with E-state index in [0.717, 1.165) is 50.5 Å². The predicted molar refractivity (Wildman–Crippen MR) is 269 cm³/mol. The van der Waals surface area contributed by atoms with Gasteiger partial charge in [0.1, 0.15) is 11.3 Å². The third-order valence-electron chi connectivity index (χ3n) is 14.0. The van der Waals surface area contributed by atoms with E-state index in [-0.39, 0.29) is 0 Å². The second-order valence-corrected chi connectivity index (χ2v) is 17.2. The highest BCUT2D eigenvalue weighted by Gasteiger charge is 2.51. The van der Waals surface area contributed by atoms with Crippen molar-refractivity contribution < 1.29 is 4.42 Å². The minimum Gasteiger partial charge on any atom is -0.461 e. The van der Waals surface area contributed by atoms with Gasteiger partial charge in [-0.15, -0.1) is 0 Å². The fourth-order valence-corrected chi connectivity index (χ4v) is 11.4. The van der Waals surface area contributed by atoms with Crippen LogP contribution in [0.15, 0.2) is 223 Å². The molecule has 0 bridgehead atoms. The van der Waals surface area contributed by atoms with E-state index in [1.54, 1.807) is 0 Å². The van der Waals surface area contributed by atoms with Crippen LogP contribution in [0.2, 0.25) is 0 Å². The molecule has 11 aromatic rings. The Morgan fingerprint density at radius 3 is 1.64 bits per heavy atom. The lowest BCUT2D eigenvalue weighted by Crippen LogP contribution is -2.26. The molecule has 0 aliphatic heterocycles. The molecule has 64 heavy (non-hydrogen) atoms. The molecule has 0 saturated heterocycles. The molecular formula is C62H41NO. The average molecular weight is 816 g/mol. The zero-order valence-corrected chi connectivity index (χ0v) is 35.3. The van der Waals surface area contributed by atoms with E-state index in [9.17, 15) is 0 Å². The molecule has 2 aliphatic rings. The topological polar surface area (TPSA) is 16.4 Å². The van der Waals surface area contributed by atoms with Crippen LogP contribution in [0.1, 0.15) is 33.6 Å². The van der Waals surface area contributed by atoms with E-state index >= 15 is 0 Å². The Morgan fingerprint density at radius 2 is 0.984 bits per heavy atom. The number of anilines is 3. The van der Waals surface area contributed by atoms with E-state index in [4.69, 9.17) is 4.42 Å². The van der Waals surface area contributed by atoms with Crippen LogP contribution >= 0.6 is 0 Å². The van der Waals surface area contributed by atoms with Gasteiger partial charge >= 0.3 is 0 Å². The maximum absolute atomic E-state index is 6.22. The molecule has 0 amide bonds. The highest BCUT2D eigenvalue weighted by atomic mass is 16.3. The molecule has 1 spiro atoms. The standard InChI is InChI=1S/C62H41NO/c1-3-4-19-44-39(2)64-60-35-32-41(37-54(44)60)40-17-15-18-42(36-40)63(59-31-16-27-53-47-21-6-5-20-45(47)46-22-7-8-26-52(46)61(53)59)43-33-34-51-50-25-11-14-30-57(50)62(58(51)38-43)55-28-12-9-23-48(55)49-24-10-13-29-56(49)62/h3-38H,1H2,2H3/b19-4-. The van der Waals surface area contributed by atoms with Crippen LogP contribution in [-0.4, -0.2) is 0 Å². The molecule has 0 atom stereocenters. The lowest BCUT2D eigenvalue weighted by Gasteiger charge is -2.32. The summed E-state index contributed by atoms with van der Waals surface area (Å²) in [5.41, 5.74) is 17.5. The van der Waals surface area contributed by atoms with Gasteiger partial charge < -0.3 is 9.32 Å². The highest BCUT2D eigenvalue weighted by Crippen LogP contribution is 2.63. The fourth-order valence-electron chi connectivity index (χ4n) is 11.4. The molecule has 10 aromatic carbocycles. The first-order valence-electron chi connectivity index (χ1n) is 22.1. The monoisotopic (exact) mass is 815 g/mol. The molecule has 13 rings (SSSR count). The smallest absolute Gasteiger partial charge is 0.134 e. The van der Waals surface area contributed by atoms with Crippen molar-refractivity contribution in [2.75, 3.05) is 4.90 Å². The summed E-state index contributed by atoms with van der Waals surface area (Å²) in [6, 6.07) is 74.6. The molecule has 2 nitrogen and oxygen atoms in total. The van der Waals surface area contributed by atoms with E-state index in [2.05, 4.69) is 218 Å². The van der Waals surface area contributed by atoms with Crippen LogP contribution in [0, 0.1) is 6.92 Å². The van der Waals surface area contributed by atoms with Crippen LogP contribution in [0.4, 0.5) is 17.1 Å². The number of hydrogen-bond donors (Lipinski definition) is 0. The van der Waals surface area contributed by atoms with Crippen molar-refractivity contribution in [1.29, 1.82) is 0 Å². The van der Waals surface area contributed by atoms with Gasteiger partial charge in [-0.2, -0.15) is 0 Å². The number of furan rings is 1. The molecule has 300 valence electrons. The molecule has 0 radical (unpaired) electrons. The predicted octanol–water partition coefficient (Wildman–Crippen LogP) is 16.9. The summed E-state index contributed by atoms with van der Waals surface area (Å²) in [4.78, 5) is 2.51. The Hall–Kier alpha value is -8.20. The quantitative estimate of drug-likeness (QED) is 0.123. The number of nitrogens with zero attached hydrogens (tertiary/aromatic N) is 1. The van der Waals surface area contributed by atoms with E-state index in [1.807, 2.05) is 19.1 Å². The molecule has 1 aromatic heterocycles. The summed E-state index contributed by atoms with van der Waals surface area (Å²) in [5.74, 6) is 0.893. The van der Waals surface area contributed by atoms with Crippen molar-refractivity contribution >= 4 is 66.4 Å². The molecule has 0 unspecified atom stereocenters. The van der Waals surface area contributed by atoms with Crippen molar-refractivity contribution in [1.82, 2.24) is 0 Å². The van der Waals surface area contributed by atoms with Crippen molar-refractivity contribution in [3.05, 3.63) is 252 Å². The van der Waals surface area contributed by atoms with Gasteiger partial charge in [-0.25, -0.2) is 0 Å². The van der Waals surface area contributed by atoms with E-state index in [1.165, 1.54) is 76.8 Å². The minimum absolute atomic E-state index is 0.472. The van der Waals surface area contributed by atoms with Crippen molar-refractivity contribution in [3.8, 4) is 33.4 Å². The van der Waals surface area contributed by atoms with Crippen LogP contribution in [0.25, 0.3) is 82.7 Å². The normalized spacial score (nSPS) is 13.2. The number of benzene rings is 10. The molecular weight excluding hydrogens is 775 g/mol. The largest absolute Gasteiger partial charge is 0.461 e. The molecule has 2 aliphatic carbocycles. The molecule has 1 heterocycles. The van der Waals surface area contributed by atoms with Gasteiger partial charge in [-0.05, 0) is 132 Å². The van der Waals surface area contributed by atoms with Gasteiger partial charge in [0.05, 0.1) is 11.1 Å². The SMILES string of the molecule is C=C/C=C\c1c(C)oc2ccc(-c3cccc(N(c4ccc5c(c4)C4(c6ccccc6-c6ccccc64)c4ccccc4-5)c4cccc5c6ccccc6c6ccccc6c45)c3)cc12. The number of allylic oxidation sites excluding steroid dienone is 2. The maximum atomic E-state index is 6.22. The Morgan fingerprint density at radius 1 is 0.453 bits per heavy atom. The number of fused-ring (bicyclic) bond motifs is 17. The van der Waals surface area contributed by atoms with Gasteiger partial charge in [0.15, 0.2) is 0 Å². The summed E-state index contributed by atoms with van der Waals surface area (Å²) in [6.07, 6.45) is 5.87. The Kier molecular flexibility index (Phi) is 7.92. The van der Waals surface area contributed by atoms with Gasteiger partial charge in [-0.3, -0.25) is 0 Å². The van der Waals surface area contributed by atoms with Crippen molar-refractivity contribution in [3.63, 3.8) is 0 Å².